The molecule has 2 aliphatic rings. The van der Waals surface area contributed by atoms with Crippen molar-refractivity contribution in [3.8, 4) is 11.5 Å². The highest BCUT2D eigenvalue weighted by atomic mass is 16.6. The Morgan fingerprint density at radius 3 is 1.15 bits per heavy atom. The summed E-state index contributed by atoms with van der Waals surface area (Å²) < 4.78 is 61.9. The van der Waals surface area contributed by atoms with E-state index < -0.39 is 34.5 Å². The zero-order valence-corrected chi connectivity index (χ0v) is 63.4. The number of unbranched alkanes of at least 4 members (excludes halogenated alkanes) is 1. The summed E-state index contributed by atoms with van der Waals surface area (Å²) in [5, 5.41) is 5.29. The second-order valence-electron chi connectivity index (χ2n) is 23.6. The average Bonchev–Trinajstić information content (AvgIpc) is 1.57. The molecule has 6 aromatic carbocycles. The van der Waals surface area contributed by atoms with Crippen LogP contribution in [-0.2, 0) is 76.3 Å². The number of rotatable bonds is 39. The third-order valence-corrected chi connectivity index (χ3v) is 16.1. The van der Waals surface area contributed by atoms with Gasteiger partial charge in [-0.1, -0.05) is 190 Å². The molecule has 0 saturated heterocycles. The minimum absolute atomic E-state index is 0.0960. The van der Waals surface area contributed by atoms with Crippen molar-refractivity contribution in [3.63, 3.8) is 0 Å². The van der Waals surface area contributed by atoms with E-state index in [1.165, 1.54) is 11.1 Å². The smallest absolute Gasteiger partial charge is 0.407 e. The zero-order chi connectivity index (χ0) is 74.8. The van der Waals surface area contributed by atoms with E-state index >= 15 is 0 Å². The average molecular weight is 1410 g/mol. The molecule has 19 nitrogen and oxygen atoms in total. The second kappa shape index (κ2) is 50.7. The Kier molecular flexibility index (Phi) is 43.5. The van der Waals surface area contributed by atoms with Crippen LogP contribution in [0.1, 0.15) is 169 Å². The Bertz CT molecular complexity index is 3270. The summed E-state index contributed by atoms with van der Waals surface area (Å²) in [5.74, 6) is 2.41. The zero-order valence-electron chi connectivity index (χ0n) is 63.4. The Balaban J connectivity index is 0.000000483. The first-order chi connectivity index (χ1) is 49.6. The topological polar surface area (TPSA) is 219 Å². The molecule has 2 amide bonds. The van der Waals surface area contributed by atoms with Gasteiger partial charge in [0.15, 0.2) is 11.2 Å². The Morgan fingerprint density at radius 2 is 0.765 bits per heavy atom. The second-order valence-corrected chi connectivity index (χ2v) is 23.6. The van der Waals surface area contributed by atoms with Gasteiger partial charge in [-0.3, -0.25) is 0 Å². The standard InChI is InChI=1S/C38H48N2O8.C37H46N2O7.4C2H6/c1-4-5-22-46-34(41)29-44-27-26-43-25-21-39-36(42)47-24-12-23-45-33-19-17-31(18-20-33)35-40-37(2,28-30-13-8-6-9-14-30)38(3,48-35)32-15-10-7-11-16-32;1-29(40)12-10-22-42-26-27-43-25-21-38-35(41)45-24-11-23-44-33-19-17-31(18-20-33)34-39-36(2,28-30-13-6-4-7-14-30)37(3,46-34)32-15-8-5-9-16-32;4*1-2/h6-11,13-20H,4-5,12,21-29H2,1-3H3,(H,39,42);4-9,13-20H,10-12,21-28H2,1-3H3,(H,38,41);4*1-2H3/t37-,38-;36-,37-;;;;/m00..../s1. The first kappa shape index (κ1) is 87.6. The van der Waals surface area contributed by atoms with Crippen molar-refractivity contribution >= 4 is 35.7 Å². The number of ether oxygens (including phenoxy) is 11. The molecule has 4 atom stereocenters. The summed E-state index contributed by atoms with van der Waals surface area (Å²) in [4.78, 5) is 56.5. The maximum Gasteiger partial charge on any atom is 0.407 e. The van der Waals surface area contributed by atoms with Gasteiger partial charge in [0, 0.05) is 62.9 Å². The van der Waals surface area contributed by atoms with Crippen LogP contribution in [0.2, 0.25) is 0 Å². The van der Waals surface area contributed by atoms with E-state index in [2.05, 4.69) is 111 Å². The predicted molar refractivity (Wildman–Crippen MR) is 406 cm³/mol. The lowest BCUT2D eigenvalue weighted by Gasteiger charge is -2.38. The number of alkyl carbamates (subject to hydrolysis) is 2. The minimum atomic E-state index is -0.658. The number of aliphatic imine (C=N–C) groups is 2. The van der Waals surface area contributed by atoms with E-state index in [4.69, 9.17) is 62.1 Å². The molecular formula is C83H118N4O15. The summed E-state index contributed by atoms with van der Waals surface area (Å²) in [6.07, 6.45) is 4.59. The van der Waals surface area contributed by atoms with Crippen LogP contribution < -0.4 is 20.1 Å². The molecule has 0 bridgehead atoms. The maximum atomic E-state index is 11.9. The molecule has 19 heteroatoms. The Hall–Kier alpha value is -8.62. The van der Waals surface area contributed by atoms with Crippen LogP contribution in [-0.4, -0.2) is 146 Å². The van der Waals surface area contributed by atoms with Gasteiger partial charge in [-0.15, -0.1) is 0 Å². The molecule has 0 radical (unpaired) electrons. The van der Waals surface area contributed by atoms with Crippen LogP contribution in [0.15, 0.2) is 180 Å². The van der Waals surface area contributed by atoms with Gasteiger partial charge >= 0.3 is 18.2 Å². The van der Waals surface area contributed by atoms with Gasteiger partial charge in [0.25, 0.3) is 0 Å². The van der Waals surface area contributed by atoms with E-state index in [0.29, 0.717) is 115 Å². The van der Waals surface area contributed by atoms with Crippen LogP contribution >= 0.6 is 0 Å². The number of hydrogen-bond acceptors (Lipinski definition) is 17. The summed E-state index contributed by atoms with van der Waals surface area (Å²) >= 11 is 0. The number of carbonyl (C=O) groups is 4. The number of carbonyl (C=O) groups excluding carboxylic acids is 4. The number of nitrogens with zero attached hydrogens (tertiary/aromatic N) is 2. The largest absolute Gasteiger partial charge is 0.493 e. The molecule has 0 saturated carbocycles. The SMILES string of the molecule is CC.CC.CC.CC.CC(=O)CCCOCCOCCNC(=O)OCCCOc1ccc(C2=N[C@@](C)(Cc3ccccc3)[C@](C)(c3ccccc3)O2)cc1.CCCCOC(=O)COCCOCCNC(=O)OCCCOc1ccc(C2=N[C@@](C)(Cc3ccccc3)[C@](C)(c3ccccc3)O2)cc1. The summed E-state index contributed by atoms with van der Waals surface area (Å²) in [5.41, 5.74) is 3.96. The summed E-state index contributed by atoms with van der Waals surface area (Å²) in [6, 6.07) is 56.7. The summed E-state index contributed by atoms with van der Waals surface area (Å²) in [6.45, 7) is 33.0. The van der Waals surface area contributed by atoms with Crippen molar-refractivity contribution in [2.24, 2.45) is 9.98 Å². The van der Waals surface area contributed by atoms with E-state index in [1.54, 1.807) is 6.92 Å². The fraction of sp³-hybridized carbons (Fsp3) is 0.494. The maximum absolute atomic E-state index is 11.9. The first-order valence-corrected chi connectivity index (χ1v) is 36.6. The van der Waals surface area contributed by atoms with Crippen molar-refractivity contribution in [1.82, 2.24) is 10.6 Å². The number of hydrogen-bond donors (Lipinski definition) is 2. The lowest BCUT2D eigenvalue weighted by Crippen LogP contribution is -2.45. The lowest BCUT2D eigenvalue weighted by molar-refractivity contribution is -0.149. The van der Waals surface area contributed by atoms with Crippen LogP contribution in [0.4, 0.5) is 9.59 Å². The highest BCUT2D eigenvalue weighted by Crippen LogP contribution is 2.48. The van der Waals surface area contributed by atoms with Gasteiger partial charge in [0.2, 0.25) is 11.8 Å². The molecule has 2 N–H and O–H groups in total. The van der Waals surface area contributed by atoms with Crippen molar-refractivity contribution in [2.45, 2.75) is 171 Å². The first-order valence-electron chi connectivity index (χ1n) is 36.6. The van der Waals surface area contributed by atoms with Crippen LogP contribution in [0.5, 0.6) is 11.5 Å². The highest BCUT2D eigenvalue weighted by molar-refractivity contribution is 5.97. The monoisotopic (exact) mass is 1410 g/mol. The number of ketones is 1. The van der Waals surface area contributed by atoms with Crippen molar-refractivity contribution in [3.05, 3.63) is 203 Å². The van der Waals surface area contributed by atoms with Crippen LogP contribution in [0, 0.1) is 0 Å². The molecule has 0 spiro atoms. The number of nitrogens with one attached hydrogen (secondary N) is 2. The van der Waals surface area contributed by atoms with Gasteiger partial charge in [-0.05, 0) is 118 Å². The molecule has 2 aliphatic heterocycles. The Morgan fingerprint density at radius 1 is 0.402 bits per heavy atom. The molecule has 2 heterocycles. The minimum Gasteiger partial charge on any atom is -0.493 e. The van der Waals surface area contributed by atoms with Crippen molar-refractivity contribution in [2.75, 3.05) is 99.0 Å². The fourth-order valence-electron chi connectivity index (χ4n) is 10.5. The quantitative estimate of drug-likeness (QED) is 0.0208. The number of Topliss-reactive ketones (excluding diaryl/α,β-unsaturated/α-hetero) is 1. The van der Waals surface area contributed by atoms with Gasteiger partial charge in [-0.25, -0.2) is 24.4 Å². The van der Waals surface area contributed by atoms with Crippen LogP contribution in [0.25, 0.3) is 0 Å². The molecule has 0 fully saturated rings. The predicted octanol–water partition coefficient (Wildman–Crippen LogP) is 16.6. The van der Waals surface area contributed by atoms with Crippen molar-refractivity contribution < 1.29 is 71.3 Å². The number of benzene rings is 6. The molecule has 560 valence electrons. The highest BCUT2D eigenvalue weighted by Gasteiger charge is 2.55. The van der Waals surface area contributed by atoms with Gasteiger partial charge < -0.3 is 67.5 Å². The molecule has 8 rings (SSSR count). The third-order valence-electron chi connectivity index (χ3n) is 16.1. The Labute approximate surface area is 609 Å². The van der Waals surface area contributed by atoms with E-state index in [9.17, 15) is 19.2 Å². The van der Waals surface area contributed by atoms with Gasteiger partial charge in [-0.2, -0.15) is 0 Å². The number of esters is 1. The van der Waals surface area contributed by atoms with Gasteiger partial charge in [0.05, 0.1) is 72.7 Å². The molecular weight excluding hydrogens is 1290 g/mol. The molecule has 0 unspecified atom stereocenters. The van der Waals surface area contributed by atoms with Crippen molar-refractivity contribution in [1.29, 1.82) is 0 Å². The normalized spacial score (nSPS) is 17.4. The molecule has 0 aliphatic carbocycles. The van der Waals surface area contributed by atoms with E-state index in [0.717, 1.165) is 54.4 Å². The molecule has 0 aromatic heterocycles. The molecule has 6 aromatic rings. The van der Waals surface area contributed by atoms with Gasteiger partial charge in [0.1, 0.15) is 35.0 Å². The third kappa shape index (κ3) is 30.5. The van der Waals surface area contributed by atoms with E-state index in [-0.39, 0.29) is 38.2 Å². The fourth-order valence-corrected chi connectivity index (χ4v) is 10.5. The van der Waals surface area contributed by atoms with Crippen LogP contribution in [0.3, 0.4) is 0 Å². The lowest BCUT2D eigenvalue weighted by atomic mass is 9.74. The summed E-state index contributed by atoms with van der Waals surface area (Å²) in [7, 11) is 0. The van der Waals surface area contributed by atoms with E-state index in [1.807, 2.05) is 159 Å². The number of amides is 2. The molecule has 102 heavy (non-hydrogen) atoms.